The first kappa shape index (κ1) is 21.9. The second kappa shape index (κ2) is 9.92. The van der Waals surface area contributed by atoms with E-state index in [-0.39, 0.29) is 11.9 Å². The third-order valence-corrected chi connectivity index (χ3v) is 6.15. The molecule has 0 N–H and O–H groups in total. The van der Waals surface area contributed by atoms with Crippen molar-refractivity contribution in [2.75, 3.05) is 0 Å². The van der Waals surface area contributed by atoms with Gasteiger partial charge in [-0.2, -0.15) is 0 Å². The van der Waals surface area contributed by atoms with E-state index in [1.807, 2.05) is 72.8 Å². The summed E-state index contributed by atoms with van der Waals surface area (Å²) in [4.78, 5) is 25.5. The van der Waals surface area contributed by atoms with Gasteiger partial charge in [0, 0.05) is 24.0 Å². The SMILES string of the molecule is O=C1CCCC=CCCCC(=O)Oc2ccc3ccccc3c2-c2c(ccc3ccccc23)O1. The minimum Gasteiger partial charge on any atom is -0.426 e. The van der Waals surface area contributed by atoms with Crippen molar-refractivity contribution in [2.24, 2.45) is 0 Å². The quantitative estimate of drug-likeness (QED) is 0.159. The number of carbonyl (C=O) groups excluding carboxylic acids is 2. The average molecular weight is 451 g/mol. The summed E-state index contributed by atoms with van der Waals surface area (Å²) < 4.78 is 11.9. The molecule has 0 saturated carbocycles. The van der Waals surface area contributed by atoms with Crippen molar-refractivity contribution in [1.29, 1.82) is 0 Å². The van der Waals surface area contributed by atoms with Crippen molar-refractivity contribution in [2.45, 2.75) is 38.5 Å². The van der Waals surface area contributed by atoms with E-state index >= 15 is 0 Å². The van der Waals surface area contributed by atoms with Crippen LogP contribution in [0.2, 0.25) is 0 Å². The van der Waals surface area contributed by atoms with Crippen LogP contribution in [0.3, 0.4) is 0 Å². The van der Waals surface area contributed by atoms with E-state index in [9.17, 15) is 9.59 Å². The number of hydrogen-bond acceptors (Lipinski definition) is 4. The van der Waals surface area contributed by atoms with Crippen LogP contribution < -0.4 is 9.47 Å². The Hall–Kier alpha value is -3.92. The molecule has 0 aromatic heterocycles. The maximum Gasteiger partial charge on any atom is 0.311 e. The van der Waals surface area contributed by atoms with Crippen molar-refractivity contribution < 1.29 is 19.1 Å². The fourth-order valence-corrected chi connectivity index (χ4v) is 4.50. The summed E-state index contributed by atoms with van der Waals surface area (Å²) in [6, 6.07) is 23.6. The van der Waals surface area contributed by atoms with Gasteiger partial charge in [0.05, 0.1) is 0 Å². The standard InChI is InChI=1S/C30H26O4/c31-27-15-5-3-1-2-4-6-16-28(32)34-26-20-18-22-12-8-10-14-24(22)30(26)29-23-13-9-7-11-21(23)17-19-25(29)33-27/h1-2,7-14,17-20H,3-6,15-16H2. The molecular formula is C30H26O4. The molecule has 0 amide bonds. The average Bonchev–Trinajstić information content (AvgIpc) is 2.85. The van der Waals surface area contributed by atoms with Gasteiger partial charge in [0.25, 0.3) is 0 Å². The van der Waals surface area contributed by atoms with Gasteiger partial charge >= 0.3 is 11.9 Å². The first-order valence-corrected chi connectivity index (χ1v) is 11.8. The van der Waals surface area contributed by atoms with Crippen LogP contribution in [-0.4, -0.2) is 11.9 Å². The smallest absolute Gasteiger partial charge is 0.311 e. The van der Waals surface area contributed by atoms with Gasteiger partial charge in [-0.15, -0.1) is 0 Å². The van der Waals surface area contributed by atoms with Crippen LogP contribution >= 0.6 is 0 Å². The normalized spacial score (nSPS) is 15.4. The largest absolute Gasteiger partial charge is 0.426 e. The van der Waals surface area contributed by atoms with Crippen molar-refractivity contribution in [3.05, 3.63) is 84.9 Å². The van der Waals surface area contributed by atoms with Crippen LogP contribution in [-0.2, 0) is 9.59 Å². The molecule has 170 valence electrons. The Morgan fingerprint density at radius 2 is 0.971 bits per heavy atom. The number of allylic oxidation sites excluding steroid dienone is 2. The zero-order valence-corrected chi connectivity index (χ0v) is 19.0. The lowest BCUT2D eigenvalue weighted by Gasteiger charge is -2.18. The molecular weight excluding hydrogens is 424 g/mol. The van der Waals surface area contributed by atoms with Gasteiger partial charge < -0.3 is 9.47 Å². The van der Waals surface area contributed by atoms with Crippen LogP contribution in [0.1, 0.15) is 38.5 Å². The lowest BCUT2D eigenvalue weighted by atomic mass is 9.92. The number of rotatable bonds is 0. The summed E-state index contributed by atoms with van der Waals surface area (Å²) in [5, 5.41) is 3.90. The van der Waals surface area contributed by atoms with Gasteiger partial charge in [-0.05, 0) is 59.4 Å². The zero-order valence-electron chi connectivity index (χ0n) is 19.0. The van der Waals surface area contributed by atoms with E-state index < -0.39 is 0 Å². The van der Waals surface area contributed by atoms with Crippen LogP contribution in [0.15, 0.2) is 84.9 Å². The van der Waals surface area contributed by atoms with E-state index in [0.29, 0.717) is 24.3 Å². The van der Waals surface area contributed by atoms with E-state index in [4.69, 9.17) is 9.47 Å². The minimum absolute atomic E-state index is 0.268. The highest BCUT2D eigenvalue weighted by Gasteiger charge is 2.21. The minimum atomic E-state index is -0.268. The van der Waals surface area contributed by atoms with Crippen LogP contribution in [0, 0.1) is 0 Å². The Balaban J connectivity index is 1.76. The molecule has 0 atom stereocenters. The van der Waals surface area contributed by atoms with Gasteiger partial charge in [-0.25, -0.2) is 0 Å². The summed E-state index contributed by atoms with van der Waals surface area (Å²) in [7, 11) is 0. The van der Waals surface area contributed by atoms with Crippen molar-refractivity contribution in [3.63, 3.8) is 0 Å². The van der Waals surface area contributed by atoms with E-state index in [1.165, 1.54) is 0 Å². The Kier molecular flexibility index (Phi) is 6.39. The lowest BCUT2D eigenvalue weighted by Crippen LogP contribution is -2.10. The Bertz CT molecular complexity index is 1290. The molecule has 4 aromatic rings. The molecule has 0 saturated heterocycles. The number of ether oxygens (including phenoxy) is 2. The Labute approximate surface area is 198 Å². The Morgan fingerprint density at radius 1 is 0.529 bits per heavy atom. The Morgan fingerprint density at radius 3 is 1.44 bits per heavy atom. The van der Waals surface area contributed by atoms with Gasteiger partial charge in [-0.3, -0.25) is 9.59 Å². The molecule has 5 rings (SSSR count). The molecule has 0 aliphatic carbocycles. The molecule has 34 heavy (non-hydrogen) atoms. The summed E-state index contributed by atoms with van der Waals surface area (Å²) in [5.74, 6) is 0.409. The highest BCUT2D eigenvalue weighted by atomic mass is 16.5. The van der Waals surface area contributed by atoms with Crippen LogP contribution in [0.4, 0.5) is 0 Å². The lowest BCUT2D eigenvalue weighted by molar-refractivity contribution is -0.135. The molecule has 0 radical (unpaired) electrons. The number of fused-ring (bicyclic) bond motifs is 7. The number of hydrogen-bond donors (Lipinski definition) is 0. The number of benzene rings is 4. The molecule has 4 nitrogen and oxygen atoms in total. The van der Waals surface area contributed by atoms with Crippen LogP contribution in [0.5, 0.6) is 11.5 Å². The van der Waals surface area contributed by atoms with E-state index in [2.05, 4.69) is 12.2 Å². The monoisotopic (exact) mass is 450 g/mol. The molecule has 4 heteroatoms. The molecule has 1 aliphatic heterocycles. The summed E-state index contributed by atoms with van der Waals surface area (Å²) >= 11 is 0. The van der Waals surface area contributed by atoms with Gasteiger partial charge in [0.15, 0.2) is 0 Å². The van der Waals surface area contributed by atoms with E-state index in [0.717, 1.165) is 58.4 Å². The molecule has 1 heterocycles. The zero-order chi connectivity index (χ0) is 23.3. The maximum atomic E-state index is 12.8. The summed E-state index contributed by atoms with van der Waals surface area (Å²) in [6.07, 6.45) is 7.86. The van der Waals surface area contributed by atoms with Crippen molar-refractivity contribution in [1.82, 2.24) is 0 Å². The van der Waals surface area contributed by atoms with Crippen molar-refractivity contribution in [3.8, 4) is 22.6 Å². The van der Waals surface area contributed by atoms with Gasteiger partial charge in [-0.1, -0.05) is 72.8 Å². The third kappa shape index (κ3) is 4.58. The molecule has 0 unspecified atom stereocenters. The first-order chi connectivity index (χ1) is 16.7. The fraction of sp³-hybridized carbons (Fsp3) is 0.200. The predicted octanol–water partition coefficient (Wildman–Crippen LogP) is 7.38. The van der Waals surface area contributed by atoms with Crippen molar-refractivity contribution >= 4 is 33.5 Å². The second-order valence-corrected chi connectivity index (χ2v) is 8.52. The summed E-state index contributed by atoms with van der Waals surface area (Å²) in [6.45, 7) is 0. The first-order valence-electron chi connectivity index (χ1n) is 11.8. The molecule has 0 bridgehead atoms. The molecule has 0 spiro atoms. The predicted molar refractivity (Wildman–Crippen MR) is 135 cm³/mol. The number of esters is 2. The number of carbonyl (C=O) groups is 2. The molecule has 4 aromatic carbocycles. The highest BCUT2D eigenvalue weighted by molar-refractivity contribution is 6.10. The second-order valence-electron chi connectivity index (χ2n) is 8.52. The van der Waals surface area contributed by atoms with E-state index in [1.54, 1.807) is 0 Å². The third-order valence-electron chi connectivity index (χ3n) is 6.15. The fourth-order valence-electron chi connectivity index (χ4n) is 4.50. The van der Waals surface area contributed by atoms with Gasteiger partial charge in [0.1, 0.15) is 11.5 Å². The van der Waals surface area contributed by atoms with Crippen LogP contribution in [0.25, 0.3) is 32.7 Å². The topological polar surface area (TPSA) is 52.6 Å². The summed E-state index contributed by atoms with van der Waals surface area (Å²) in [5.41, 5.74) is 1.52. The van der Waals surface area contributed by atoms with Gasteiger partial charge in [0.2, 0.25) is 0 Å². The molecule has 1 aliphatic rings. The highest BCUT2D eigenvalue weighted by Crippen LogP contribution is 2.45. The molecule has 0 fully saturated rings. The maximum absolute atomic E-state index is 12.8.